The van der Waals surface area contributed by atoms with Crippen LogP contribution in [0.25, 0.3) is 0 Å². The highest BCUT2D eigenvalue weighted by Crippen LogP contribution is 2.19. The number of carbonyl (C=O) groups is 1. The molecule has 0 spiro atoms. The van der Waals surface area contributed by atoms with Crippen molar-refractivity contribution in [2.45, 2.75) is 20.4 Å². The second-order valence-electron chi connectivity index (χ2n) is 4.88. The number of halogens is 1. The lowest BCUT2D eigenvalue weighted by Crippen LogP contribution is -2.30. The molecule has 3 nitrogen and oxygen atoms in total. The predicted octanol–water partition coefficient (Wildman–Crippen LogP) is 3.26. The van der Waals surface area contributed by atoms with E-state index < -0.39 is 0 Å². The third kappa shape index (κ3) is 3.28. The summed E-state index contributed by atoms with van der Waals surface area (Å²) in [5.41, 5.74) is 8.35. The molecule has 0 radical (unpaired) electrons. The van der Waals surface area contributed by atoms with Gasteiger partial charge in [-0.15, -0.1) is 0 Å². The van der Waals surface area contributed by atoms with E-state index in [1.165, 1.54) is 12.1 Å². The largest absolute Gasteiger partial charge is 0.326 e. The molecule has 0 saturated carbocycles. The van der Waals surface area contributed by atoms with Crippen molar-refractivity contribution in [3.05, 3.63) is 65.0 Å². The first kappa shape index (κ1) is 15.2. The zero-order valence-corrected chi connectivity index (χ0v) is 12.3. The van der Waals surface area contributed by atoms with Crippen LogP contribution in [0.4, 0.5) is 10.1 Å². The van der Waals surface area contributed by atoms with Crippen molar-refractivity contribution in [3.63, 3.8) is 0 Å². The van der Waals surface area contributed by atoms with E-state index in [9.17, 15) is 9.18 Å². The Kier molecular flexibility index (Phi) is 4.70. The van der Waals surface area contributed by atoms with Crippen molar-refractivity contribution < 1.29 is 9.18 Å². The second-order valence-corrected chi connectivity index (χ2v) is 4.88. The van der Waals surface area contributed by atoms with Crippen molar-refractivity contribution in [3.8, 4) is 0 Å². The van der Waals surface area contributed by atoms with Gasteiger partial charge in [-0.25, -0.2) is 4.39 Å². The van der Waals surface area contributed by atoms with Crippen molar-refractivity contribution in [1.29, 1.82) is 0 Å². The fourth-order valence-electron chi connectivity index (χ4n) is 2.19. The van der Waals surface area contributed by atoms with E-state index in [4.69, 9.17) is 5.73 Å². The third-order valence-corrected chi connectivity index (χ3v) is 3.45. The summed E-state index contributed by atoms with van der Waals surface area (Å²) in [6.45, 7) is 4.57. The molecule has 0 aliphatic heterocycles. The Morgan fingerprint density at radius 2 is 1.86 bits per heavy atom. The predicted molar refractivity (Wildman–Crippen MR) is 82.8 cm³/mol. The number of hydrogen-bond donors (Lipinski definition) is 1. The zero-order chi connectivity index (χ0) is 15.4. The first-order valence-corrected chi connectivity index (χ1v) is 6.93. The molecule has 110 valence electrons. The van der Waals surface area contributed by atoms with Crippen molar-refractivity contribution >= 4 is 11.6 Å². The highest BCUT2D eigenvalue weighted by atomic mass is 19.1. The van der Waals surface area contributed by atoms with Gasteiger partial charge in [0.2, 0.25) is 0 Å². The van der Waals surface area contributed by atoms with Crippen LogP contribution in [0.2, 0.25) is 0 Å². The Morgan fingerprint density at radius 1 is 1.19 bits per heavy atom. The zero-order valence-electron chi connectivity index (χ0n) is 12.3. The average Bonchev–Trinajstić information content (AvgIpc) is 2.51. The van der Waals surface area contributed by atoms with Crippen LogP contribution < -0.4 is 10.6 Å². The van der Waals surface area contributed by atoms with E-state index in [1.54, 1.807) is 17.9 Å². The minimum atomic E-state index is -0.304. The summed E-state index contributed by atoms with van der Waals surface area (Å²) in [6, 6.07) is 12.0. The number of rotatable bonds is 4. The number of carbonyl (C=O) groups excluding carboxylic acids is 1. The minimum absolute atomic E-state index is 0.138. The molecule has 0 aliphatic carbocycles. The number of anilines is 1. The molecule has 2 N–H and O–H groups in total. The highest BCUT2D eigenvalue weighted by Gasteiger charge is 2.16. The fraction of sp³-hybridized carbons (Fsp3) is 0.235. The number of nitrogens with zero attached hydrogens (tertiary/aromatic N) is 1. The van der Waals surface area contributed by atoms with Crippen LogP contribution in [-0.4, -0.2) is 12.5 Å². The smallest absolute Gasteiger partial charge is 0.258 e. The summed E-state index contributed by atoms with van der Waals surface area (Å²) in [7, 11) is 0. The normalized spacial score (nSPS) is 10.5. The molecular weight excluding hydrogens is 267 g/mol. The molecule has 0 saturated heterocycles. The van der Waals surface area contributed by atoms with Gasteiger partial charge in [-0.2, -0.15) is 0 Å². The van der Waals surface area contributed by atoms with E-state index in [1.807, 2.05) is 31.2 Å². The SMILES string of the molecule is CCN(C(=O)c1ccc(F)c(C)c1)c1ccc(CN)cc1. The Bertz CT molecular complexity index is 638. The van der Waals surface area contributed by atoms with Gasteiger partial charge in [0.05, 0.1) is 0 Å². The molecule has 0 aromatic heterocycles. The molecule has 1 amide bonds. The summed E-state index contributed by atoms with van der Waals surface area (Å²) in [5, 5.41) is 0. The first-order valence-electron chi connectivity index (χ1n) is 6.93. The fourth-order valence-corrected chi connectivity index (χ4v) is 2.19. The van der Waals surface area contributed by atoms with Gasteiger partial charge in [0.25, 0.3) is 5.91 Å². The van der Waals surface area contributed by atoms with Crippen molar-refractivity contribution in [2.75, 3.05) is 11.4 Å². The molecule has 2 aromatic carbocycles. The standard InChI is InChI=1S/C17H19FN2O/c1-3-20(15-7-4-13(11-19)5-8-15)17(21)14-6-9-16(18)12(2)10-14/h4-10H,3,11,19H2,1-2H3. The first-order chi connectivity index (χ1) is 10.1. The van der Waals surface area contributed by atoms with Crippen molar-refractivity contribution in [1.82, 2.24) is 0 Å². The van der Waals surface area contributed by atoms with Crippen LogP contribution in [-0.2, 0) is 6.54 Å². The lowest BCUT2D eigenvalue weighted by Gasteiger charge is -2.21. The van der Waals surface area contributed by atoms with Crippen LogP contribution in [0.5, 0.6) is 0 Å². The molecule has 4 heteroatoms. The van der Waals surface area contributed by atoms with Gasteiger partial charge in [0.1, 0.15) is 5.82 Å². The molecule has 0 bridgehead atoms. The monoisotopic (exact) mass is 286 g/mol. The maximum absolute atomic E-state index is 13.3. The number of nitrogens with two attached hydrogens (primary N) is 1. The van der Waals surface area contributed by atoms with Gasteiger partial charge in [0.15, 0.2) is 0 Å². The molecule has 0 atom stereocenters. The maximum atomic E-state index is 13.3. The van der Waals surface area contributed by atoms with Gasteiger partial charge in [-0.05, 0) is 55.3 Å². The van der Waals surface area contributed by atoms with Crippen LogP contribution in [0.15, 0.2) is 42.5 Å². The molecule has 2 rings (SSSR count). The van der Waals surface area contributed by atoms with Gasteiger partial charge in [0, 0.05) is 24.3 Å². The highest BCUT2D eigenvalue weighted by molar-refractivity contribution is 6.06. The van der Waals surface area contributed by atoms with Gasteiger partial charge in [-0.3, -0.25) is 4.79 Å². The third-order valence-electron chi connectivity index (χ3n) is 3.45. The van der Waals surface area contributed by atoms with E-state index >= 15 is 0 Å². The van der Waals surface area contributed by atoms with Crippen LogP contribution in [0, 0.1) is 12.7 Å². The van der Waals surface area contributed by atoms with Gasteiger partial charge < -0.3 is 10.6 Å². The molecule has 0 fully saturated rings. The Labute approximate surface area is 124 Å². The van der Waals surface area contributed by atoms with E-state index in [2.05, 4.69) is 0 Å². The molecule has 21 heavy (non-hydrogen) atoms. The summed E-state index contributed by atoms with van der Waals surface area (Å²) < 4.78 is 13.3. The topological polar surface area (TPSA) is 46.3 Å². The van der Waals surface area contributed by atoms with Gasteiger partial charge in [-0.1, -0.05) is 12.1 Å². The van der Waals surface area contributed by atoms with Crippen LogP contribution in [0.1, 0.15) is 28.4 Å². The molecule has 0 aliphatic rings. The van der Waals surface area contributed by atoms with Crippen molar-refractivity contribution in [2.24, 2.45) is 5.73 Å². The summed E-state index contributed by atoms with van der Waals surface area (Å²) in [5.74, 6) is -0.442. The quantitative estimate of drug-likeness (QED) is 0.937. The molecular formula is C17H19FN2O. The lowest BCUT2D eigenvalue weighted by molar-refractivity contribution is 0.0988. The number of amides is 1. The number of hydrogen-bond acceptors (Lipinski definition) is 2. The molecule has 0 unspecified atom stereocenters. The maximum Gasteiger partial charge on any atom is 0.258 e. The molecule has 2 aromatic rings. The average molecular weight is 286 g/mol. The second kappa shape index (κ2) is 6.50. The van der Waals surface area contributed by atoms with E-state index in [0.29, 0.717) is 24.2 Å². The lowest BCUT2D eigenvalue weighted by atomic mass is 10.1. The molecule has 0 heterocycles. The minimum Gasteiger partial charge on any atom is -0.326 e. The van der Waals surface area contributed by atoms with Gasteiger partial charge >= 0.3 is 0 Å². The summed E-state index contributed by atoms with van der Waals surface area (Å²) in [6.07, 6.45) is 0. The van der Waals surface area contributed by atoms with Crippen LogP contribution in [0.3, 0.4) is 0 Å². The summed E-state index contributed by atoms with van der Waals surface area (Å²) in [4.78, 5) is 14.2. The number of benzene rings is 2. The Morgan fingerprint density at radius 3 is 2.38 bits per heavy atom. The van der Waals surface area contributed by atoms with E-state index in [-0.39, 0.29) is 11.7 Å². The Balaban J connectivity index is 2.30. The van der Waals surface area contributed by atoms with Crippen LogP contribution >= 0.6 is 0 Å². The van der Waals surface area contributed by atoms with E-state index in [0.717, 1.165) is 11.3 Å². The number of aryl methyl sites for hydroxylation is 1. The summed E-state index contributed by atoms with van der Waals surface area (Å²) >= 11 is 0. The Hall–Kier alpha value is -2.20.